The van der Waals surface area contributed by atoms with E-state index in [2.05, 4.69) is 147 Å². The van der Waals surface area contributed by atoms with E-state index in [1.165, 1.54) is 33.9 Å². The number of hydrazone groups is 1. The number of aryl methyl sites for hydroxylation is 1. The number of fused-ring (bicyclic) bond motifs is 2. The Labute approximate surface area is 391 Å². The van der Waals surface area contributed by atoms with Crippen molar-refractivity contribution in [3.8, 4) is 0 Å². The van der Waals surface area contributed by atoms with Crippen LogP contribution in [0.15, 0.2) is 131 Å². The lowest BCUT2D eigenvalue weighted by Gasteiger charge is -2.25. The monoisotopic (exact) mass is 894 g/mol. The Bertz CT molecular complexity index is 2580. The Morgan fingerprint density at radius 2 is 1.38 bits per heavy atom. The van der Waals surface area contributed by atoms with E-state index in [9.17, 15) is 13.2 Å². The normalized spacial score (nSPS) is 16.4. The number of Topliss-reactive ketones (excluding diaryl/α,β-unsaturated/α-hetero) is 1. The number of benzene rings is 4. The van der Waals surface area contributed by atoms with Crippen molar-refractivity contribution in [1.29, 1.82) is 0 Å². The second-order valence-electron chi connectivity index (χ2n) is 19.8. The van der Waals surface area contributed by atoms with Gasteiger partial charge in [0.1, 0.15) is 12.3 Å². The molecule has 7 nitrogen and oxygen atoms in total. The highest BCUT2D eigenvalue weighted by Gasteiger charge is 2.44. The van der Waals surface area contributed by atoms with Gasteiger partial charge in [-0.05, 0) is 103 Å². The van der Waals surface area contributed by atoms with Crippen molar-refractivity contribution < 1.29 is 17.8 Å². The summed E-state index contributed by atoms with van der Waals surface area (Å²) in [6, 6.07) is 29.4. The number of sulfonamides is 1. The molecule has 0 amide bonds. The summed E-state index contributed by atoms with van der Waals surface area (Å²) < 4.78 is 29.8. The number of nitrogens with one attached hydrogen (secondary N) is 1. The molecular weight excluding hydrogens is 821 g/mol. The average molecular weight is 894 g/mol. The summed E-state index contributed by atoms with van der Waals surface area (Å²) >= 11 is 0. The van der Waals surface area contributed by atoms with Crippen LogP contribution in [-0.2, 0) is 32.1 Å². The molecule has 6 rings (SSSR count). The lowest BCUT2D eigenvalue weighted by Crippen LogP contribution is -2.27. The maximum atomic E-state index is 13.7. The Hall–Kier alpha value is -5.34. The van der Waals surface area contributed by atoms with Gasteiger partial charge in [0.05, 0.1) is 16.5 Å². The average Bonchev–Trinajstić information content (AvgIpc) is 3.62. The van der Waals surface area contributed by atoms with Gasteiger partial charge in [0.2, 0.25) is 5.69 Å². The molecule has 2 aliphatic heterocycles. The number of anilines is 1. The van der Waals surface area contributed by atoms with Crippen LogP contribution in [0.5, 0.6) is 0 Å². The largest absolute Gasteiger partial charge is 0.344 e. The number of likely N-dealkylation sites (N-methyl/N-ethyl adjacent to an activating group) is 1. The second kappa shape index (κ2) is 20.9. The summed E-state index contributed by atoms with van der Waals surface area (Å²) in [6.45, 7) is 25.6. The van der Waals surface area contributed by atoms with Gasteiger partial charge in [-0.3, -0.25) is 4.79 Å². The van der Waals surface area contributed by atoms with Gasteiger partial charge in [0.15, 0.2) is 5.71 Å². The summed E-state index contributed by atoms with van der Waals surface area (Å²) in [4.78, 5) is 18.3. The number of carbonyl (C=O) groups excluding carboxylic acids is 1. The lowest BCUT2D eigenvalue weighted by molar-refractivity contribution is -0.438. The van der Waals surface area contributed by atoms with Crippen LogP contribution in [0.2, 0.25) is 0 Å². The van der Waals surface area contributed by atoms with Gasteiger partial charge in [0, 0.05) is 60.3 Å². The number of hydrogen-bond donors (Lipinski definition) is 1. The molecule has 65 heavy (non-hydrogen) atoms. The molecule has 0 spiro atoms. The van der Waals surface area contributed by atoms with Crippen LogP contribution in [0.3, 0.4) is 0 Å². The molecule has 0 saturated heterocycles. The highest BCUT2D eigenvalue weighted by atomic mass is 32.2. The number of ketones is 1. The predicted molar refractivity (Wildman–Crippen MR) is 273 cm³/mol. The minimum Gasteiger partial charge on any atom is -0.344 e. The Morgan fingerprint density at radius 3 is 2.03 bits per heavy atom. The smallest absolute Gasteiger partial charge is 0.277 e. The van der Waals surface area contributed by atoms with Crippen molar-refractivity contribution in [2.45, 2.75) is 148 Å². The zero-order valence-electron chi connectivity index (χ0n) is 40.9. The molecule has 0 aliphatic carbocycles. The summed E-state index contributed by atoms with van der Waals surface area (Å²) in [5, 5.41) is 4.17. The molecule has 1 N–H and O–H groups in total. The number of para-hydroxylation sites is 2. The SMILES string of the molecule is CCN1/C(=C/C=C/C=C/C2=[N+](CCCCC(=O)CCCc3ccc(/C=N/NS(=O)(=O)c4c(C(C)C)cc(C(C)C)cc4C(C)C)cc3)c3ccccc3C2(C)C)C(C)(C)c2ccccc21. The quantitative estimate of drug-likeness (QED) is 0.0315. The van der Waals surface area contributed by atoms with Gasteiger partial charge in [-0.25, -0.2) is 4.83 Å². The van der Waals surface area contributed by atoms with E-state index < -0.39 is 10.0 Å². The first-order chi connectivity index (χ1) is 30.9. The third-order valence-electron chi connectivity index (χ3n) is 13.4. The molecule has 2 heterocycles. The molecule has 0 bridgehead atoms. The molecule has 4 aromatic rings. The van der Waals surface area contributed by atoms with Crippen LogP contribution < -0.4 is 9.73 Å². The maximum Gasteiger partial charge on any atom is 0.277 e. The molecular formula is C57H73N4O3S+. The standard InChI is InChI=1S/C57H73N4O3S/c1-12-60-51-28-18-16-26-49(51)56(8,9)53(60)30-14-13-15-31-54-57(10,11)50-27-17-19-29-52(50)61(54)36-21-20-24-46(62)25-22-23-43-32-34-44(35-33-43)39-58-59-65(63,64)55-47(41(4)5)37-45(40(2)3)38-48(55)42(6)7/h13-19,26-35,37-42,59H,12,20-25,36H2,1-11H3/q+1/b58-39+. The van der Waals surface area contributed by atoms with E-state index in [0.29, 0.717) is 29.4 Å². The minimum absolute atomic E-state index is 0.0382. The maximum absolute atomic E-state index is 13.7. The number of allylic oxidation sites excluding steroid dienone is 6. The first kappa shape index (κ1) is 49.1. The van der Waals surface area contributed by atoms with E-state index in [-0.39, 0.29) is 22.7 Å². The van der Waals surface area contributed by atoms with Crippen LogP contribution in [0.4, 0.5) is 11.4 Å². The van der Waals surface area contributed by atoms with Gasteiger partial charge in [0.25, 0.3) is 10.0 Å². The van der Waals surface area contributed by atoms with Crippen LogP contribution in [-0.4, -0.2) is 43.8 Å². The van der Waals surface area contributed by atoms with Crippen molar-refractivity contribution in [3.05, 3.63) is 160 Å². The van der Waals surface area contributed by atoms with Crippen molar-refractivity contribution in [3.63, 3.8) is 0 Å². The first-order valence-electron chi connectivity index (χ1n) is 23.9. The van der Waals surface area contributed by atoms with E-state index in [4.69, 9.17) is 0 Å². The van der Waals surface area contributed by atoms with E-state index >= 15 is 0 Å². The van der Waals surface area contributed by atoms with Crippen LogP contribution >= 0.6 is 0 Å². The van der Waals surface area contributed by atoms with Crippen LogP contribution in [0.1, 0.15) is 165 Å². The predicted octanol–water partition coefficient (Wildman–Crippen LogP) is 13.3. The summed E-state index contributed by atoms with van der Waals surface area (Å²) in [6.07, 6.45) is 17.1. The van der Waals surface area contributed by atoms with E-state index in [0.717, 1.165) is 66.6 Å². The molecule has 0 radical (unpaired) electrons. The van der Waals surface area contributed by atoms with Crippen molar-refractivity contribution >= 4 is 39.1 Å². The zero-order valence-corrected chi connectivity index (χ0v) is 41.7. The van der Waals surface area contributed by atoms with Gasteiger partial charge < -0.3 is 4.90 Å². The molecule has 344 valence electrons. The van der Waals surface area contributed by atoms with Gasteiger partial charge in [-0.15, -0.1) is 0 Å². The zero-order chi connectivity index (χ0) is 47.1. The lowest BCUT2D eigenvalue weighted by atomic mass is 9.81. The fourth-order valence-corrected chi connectivity index (χ4v) is 11.1. The molecule has 4 aromatic carbocycles. The topological polar surface area (TPSA) is 81.8 Å². The van der Waals surface area contributed by atoms with Crippen LogP contribution in [0.25, 0.3) is 0 Å². The number of unbranched alkanes of at least 4 members (excludes halogenated alkanes) is 1. The summed E-state index contributed by atoms with van der Waals surface area (Å²) in [7, 11) is -3.89. The Kier molecular flexibility index (Phi) is 15.8. The summed E-state index contributed by atoms with van der Waals surface area (Å²) in [5.74, 6) is 0.676. The minimum atomic E-state index is -3.89. The summed E-state index contributed by atoms with van der Waals surface area (Å²) in [5.41, 5.74) is 12.4. The van der Waals surface area contributed by atoms with Crippen molar-refractivity contribution in [2.24, 2.45) is 5.10 Å². The molecule has 0 atom stereocenters. The first-order valence-corrected chi connectivity index (χ1v) is 25.4. The number of rotatable bonds is 20. The van der Waals surface area contributed by atoms with E-state index in [1.54, 1.807) is 6.21 Å². The molecule has 8 heteroatoms. The highest BCUT2D eigenvalue weighted by molar-refractivity contribution is 7.89. The molecule has 0 fully saturated rings. The van der Waals surface area contributed by atoms with Gasteiger partial charge >= 0.3 is 0 Å². The number of nitrogens with zero attached hydrogens (tertiary/aromatic N) is 3. The molecule has 0 saturated carbocycles. The second-order valence-corrected chi connectivity index (χ2v) is 21.4. The van der Waals surface area contributed by atoms with Crippen LogP contribution in [0, 0.1) is 0 Å². The molecule has 0 aromatic heterocycles. The molecule has 0 unspecified atom stereocenters. The molecule has 2 aliphatic rings. The fourth-order valence-electron chi connectivity index (χ4n) is 9.61. The van der Waals surface area contributed by atoms with Crippen molar-refractivity contribution in [2.75, 3.05) is 18.0 Å². The fraction of sp³-hybridized carbons (Fsp3) is 0.421. The number of hydrogen-bond acceptors (Lipinski definition) is 5. The van der Waals surface area contributed by atoms with Gasteiger partial charge in [-0.1, -0.05) is 146 Å². The van der Waals surface area contributed by atoms with E-state index in [1.807, 2.05) is 64.1 Å². The third kappa shape index (κ3) is 11.0. The van der Waals surface area contributed by atoms with Crippen molar-refractivity contribution in [1.82, 2.24) is 4.83 Å². The number of carbonyl (C=O) groups is 1. The Morgan fingerprint density at radius 1 is 0.754 bits per heavy atom. The highest BCUT2D eigenvalue weighted by Crippen LogP contribution is 2.47. The van der Waals surface area contributed by atoms with Gasteiger partial charge in [-0.2, -0.15) is 18.1 Å². The third-order valence-corrected chi connectivity index (χ3v) is 14.7. The Balaban J connectivity index is 0.999.